The van der Waals surface area contributed by atoms with E-state index in [9.17, 15) is 9.59 Å². The molecule has 0 fully saturated rings. The summed E-state index contributed by atoms with van der Waals surface area (Å²) in [6, 6.07) is 13.2. The number of aromatic nitrogens is 1. The lowest BCUT2D eigenvalue weighted by atomic mass is 10.1. The third-order valence-electron chi connectivity index (χ3n) is 4.90. The van der Waals surface area contributed by atoms with Crippen molar-refractivity contribution in [3.63, 3.8) is 0 Å². The Morgan fingerprint density at radius 2 is 2.10 bits per heavy atom. The third kappa shape index (κ3) is 4.42. The molecule has 160 valence electrons. The number of amidine groups is 1. The first-order valence-corrected chi connectivity index (χ1v) is 11.5. The molecule has 0 unspecified atom stereocenters. The number of aromatic amines is 1. The summed E-state index contributed by atoms with van der Waals surface area (Å²) in [5, 5.41) is 3.77. The molecule has 0 saturated carbocycles. The van der Waals surface area contributed by atoms with Gasteiger partial charge in [-0.3, -0.25) is 19.0 Å². The number of carbonyl (C=O) groups is 1. The van der Waals surface area contributed by atoms with Crippen LogP contribution in [-0.2, 0) is 6.42 Å². The van der Waals surface area contributed by atoms with E-state index < -0.39 is 0 Å². The van der Waals surface area contributed by atoms with Gasteiger partial charge in [0.1, 0.15) is 16.4 Å². The van der Waals surface area contributed by atoms with Crippen molar-refractivity contribution in [3.8, 4) is 0 Å². The van der Waals surface area contributed by atoms with Gasteiger partial charge in [-0.15, -0.1) is 0 Å². The molecule has 2 heterocycles. The second kappa shape index (κ2) is 8.68. The molecule has 4 N–H and O–H groups in total. The van der Waals surface area contributed by atoms with Crippen molar-refractivity contribution >= 4 is 55.6 Å². The van der Waals surface area contributed by atoms with E-state index in [1.807, 2.05) is 38.1 Å². The molecular formula is C22H22BrN5O2S. The van der Waals surface area contributed by atoms with E-state index >= 15 is 0 Å². The van der Waals surface area contributed by atoms with Gasteiger partial charge in [0.15, 0.2) is 0 Å². The zero-order chi connectivity index (χ0) is 22.1. The Hall–Kier alpha value is -2.91. The summed E-state index contributed by atoms with van der Waals surface area (Å²) in [7, 11) is 0. The molecule has 0 radical (unpaired) electrons. The van der Waals surface area contributed by atoms with E-state index in [1.165, 1.54) is 0 Å². The molecule has 2 aromatic carbocycles. The molecular weight excluding hydrogens is 478 g/mol. The Balaban J connectivity index is 1.60. The minimum absolute atomic E-state index is 0.0305. The van der Waals surface area contributed by atoms with Gasteiger partial charge in [0.25, 0.3) is 11.5 Å². The fraction of sp³-hybridized carbons (Fsp3) is 0.227. The zero-order valence-corrected chi connectivity index (χ0v) is 19.5. The van der Waals surface area contributed by atoms with Crippen LogP contribution in [0, 0.1) is 0 Å². The lowest BCUT2D eigenvalue weighted by Crippen LogP contribution is -2.28. The maximum Gasteiger partial charge on any atom is 0.271 e. The lowest BCUT2D eigenvalue weighted by Gasteiger charge is -2.18. The SMILES string of the molecule is CC(C)N=C(N)c1c(Nc2cccc(C(=O)N3CCc4cc(Br)ccc43)c2)s[nH]c1=O. The predicted octanol–water partition coefficient (Wildman–Crippen LogP) is 4.26. The first-order valence-electron chi connectivity index (χ1n) is 9.86. The molecule has 9 heteroatoms. The zero-order valence-electron chi connectivity index (χ0n) is 17.1. The summed E-state index contributed by atoms with van der Waals surface area (Å²) in [4.78, 5) is 31.5. The summed E-state index contributed by atoms with van der Waals surface area (Å²) in [5.41, 5.74) is 9.41. The van der Waals surface area contributed by atoms with Gasteiger partial charge in [-0.1, -0.05) is 22.0 Å². The predicted molar refractivity (Wildman–Crippen MR) is 130 cm³/mol. The van der Waals surface area contributed by atoms with Crippen molar-refractivity contribution in [3.05, 3.63) is 74.0 Å². The highest BCUT2D eigenvalue weighted by atomic mass is 79.9. The van der Waals surface area contributed by atoms with Gasteiger partial charge in [-0.05, 0) is 73.8 Å². The number of benzene rings is 2. The van der Waals surface area contributed by atoms with Crippen molar-refractivity contribution < 1.29 is 4.79 Å². The number of hydrogen-bond donors (Lipinski definition) is 3. The molecule has 0 saturated heterocycles. The minimum Gasteiger partial charge on any atom is -0.383 e. The van der Waals surface area contributed by atoms with Gasteiger partial charge >= 0.3 is 0 Å². The number of nitrogens with zero attached hydrogens (tertiary/aromatic N) is 2. The molecule has 7 nitrogen and oxygen atoms in total. The number of hydrogen-bond acceptors (Lipinski definition) is 5. The van der Waals surface area contributed by atoms with Crippen LogP contribution in [0.5, 0.6) is 0 Å². The summed E-state index contributed by atoms with van der Waals surface area (Å²) >= 11 is 4.63. The Morgan fingerprint density at radius 1 is 1.29 bits per heavy atom. The van der Waals surface area contributed by atoms with Crippen LogP contribution >= 0.6 is 27.5 Å². The first-order chi connectivity index (χ1) is 14.8. The number of nitrogens with two attached hydrogens (primary N) is 1. The van der Waals surface area contributed by atoms with Gasteiger partial charge in [0.2, 0.25) is 0 Å². The number of aliphatic imine (C=N–C) groups is 1. The number of H-pyrrole nitrogens is 1. The monoisotopic (exact) mass is 499 g/mol. The van der Waals surface area contributed by atoms with Gasteiger partial charge in [-0.25, -0.2) is 0 Å². The Morgan fingerprint density at radius 3 is 2.87 bits per heavy atom. The highest BCUT2D eigenvalue weighted by Crippen LogP contribution is 2.32. The van der Waals surface area contributed by atoms with Gasteiger partial charge in [-0.2, -0.15) is 0 Å². The Kier molecular flexibility index (Phi) is 5.97. The second-order valence-electron chi connectivity index (χ2n) is 7.53. The van der Waals surface area contributed by atoms with E-state index in [2.05, 4.69) is 36.7 Å². The largest absolute Gasteiger partial charge is 0.383 e. The molecule has 0 bridgehead atoms. The number of rotatable bonds is 5. The van der Waals surface area contributed by atoms with Crippen LogP contribution in [0.4, 0.5) is 16.4 Å². The van der Waals surface area contributed by atoms with Crippen LogP contribution in [0.1, 0.15) is 35.3 Å². The van der Waals surface area contributed by atoms with E-state index in [4.69, 9.17) is 5.73 Å². The molecule has 31 heavy (non-hydrogen) atoms. The smallest absolute Gasteiger partial charge is 0.271 e. The lowest BCUT2D eigenvalue weighted by molar-refractivity contribution is 0.0989. The Labute approximate surface area is 192 Å². The highest BCUT2D eigenvalue weighted by molar-refractivity contribution is 9.10. The molecule has 4 rings (SSSR count). The molecule has 0 aliphatic carbocycles. The topological polar surface area (TPSA) is 104 Å². The van der Waals surface area contributed by atoms with Crippen LogP contribution in [0.3, 0.4) is 0 Å². The summed E-state index contributed by atoms with van der Waals surface area (Å²) < 4.78 is 3.70. The molecule has 1 amide bonds. The van der Waals surface area contributed by atoms with E-state index in [0.717, 1.165) is 33.7 Å². The van der Waals surface area contributed by atoms with Crippen LogP contribution in [-0.4, -0.2) is 28.7 Å². The van der Waals surface area contributed by atoms with Crippen LogP contribution < -0.4 is 21.5 Å². The van der Waals surface area contributed by atoms with Crippen molar-refractivity contribution in [2.75, 3.05) is 16.8 Å². The second-order valence-corrected chi connectivity index (χ2v) is 9.26. The average molecular weight is 500 g/mol. The molecule has 1 aliphatic rings. The Bertz CT molecular complexity index is 1230. The number of amides is 1. The van der Waals surface area contributed by atoms with E-state index in [-0.39, 0.29) is 23.3 Å². The minimum atomic E-state index is -0.290. The number of nitrogens with one attached hydrogen (secondary N) is 2. The molecule has 1 aliphatic heterocycles. The summed E-state index contributed by atoms with van der Waals surface area (Å²) in [6.07, 6.45) is 0.827. The summed E-state index contributed by atoms with van der Waals surface area (Å²) in [5.74, 6) is 0.125. The average Bonchev–Trinajstić information content (AvgIpc) is 3.30. The van der Waals surface area contributed by atoms with Crippen LogP contribution in [0.15, 0.2) is 56.7 Å². The molecule has 0 atom stereocenters. The van der Waals surface area contributed by atoms with Gasteiger partial charge in [0.05, 0.1) is 0 Å². The molecule has 3 aromatic rings. The van der Waals surface area contributed by atoms with E-state index in [0.29, 0.717) is 28.4 Å². The fourth-order valence-corrected chi connectivity index (χ4v) is 4.74. The number of anilines is 3. The maximum absolute atomic E-state index is 13.2. The van der Waals surface area contributed by atoms with Crippen molar-refractivity contribution in [1.82, 2.24) is 4.37 Å². The third-order valence-corrected chi connectivity index (χ3v) is 6.19. The number of fused-ring (bicyclic) bond motifs is 1. The normalized spacial score (nSPS) is 13.5. The van der Waals surface area contributed by atoms with Crippen LogP contribution in [0.2, 0.25) is 0 Å². The fourth-order valence-electron chi connectivity index (χ4n) is 3.56. The highest BCUT2D eigenvalue weighted by Gasteiger charge is 2.26. The van der Waals surface area contributed by atoms with Crippen LogP contribution in [0.25, 0.3) is 0 Å². The number of carbonyl (C=O) groups excluding carboxylic acids is 1. The van der Waals surface area contributed by atoms with Gasteiger partial charge < -0.3 is 16.0 Å². The molecule has 1 aromatic heterocycles. The first kappa shape index (κ1) is 21.3. The standard InChI is InChI=1S/C22H22BrN5O2S/c1-12(2)25-19(24)18-20(29)27-31-21(18)26-16-5-3-4-14(11-16)22(30)28-9-8-13-10-15(23)6-7-17(13)28/h3-7,10-12,26H,8-9H2,1-2H3,(H2,24,25)(H,27,29). The van der Waals surface area contributed by atoms with E-state index in [1.54, 1.807) is 17.0 Å². The number of halogens is 1. The van der Waals surface area contributed by atoms with Gasteiger partial charge in [0, 0.05) is 34.0 Å². The maximum atomic E-state index is 13.2. The quantitative estimate of drug-likeness (QED) is 0.360. The van der Waals surface area contributed by atoms with Crippen molar-refractivity contribution in [1.29, 1.82) is 0 Å². The summed E-state index contributed by atoms with van der Waals surface area (Å²) in [6.45, 7) is 4.43. The van der Waals surface area contributed by atoms with Crippen molar-refractivity contribution in [2.24, 2.45) is 10.7 Å². The van der Waals surface area contributed by atoms with Crippen molar-refractivity contribution in [2.45, 2.75) is 26.3 Å². The molecule has 0 spiro atoms.